The van der Waals surface area contributed by atoms with Crippen LogP contribution in [0.2, 0.25) is 0 Å². The predicted octanol–water partition coefficient (Wildman–Crippen LogP) is 2.50. The molecule has 3 aliphatic rings. The number of carboxylic acids is 1. The first kappa shape index (κ1) is 14.7. The van der Waals surface area contributed by atoms with Crippen molar-refractivity contribution in [2.75, 3.05) is 6.54 Å². The summed E-state index contributed by atoms with van der Waals surface area (Å²) in [5.74, 6) is -0.654. The van der Waals surface area contributed by atoms with E-state index in [1.807, 2.05) is 30.3 Å². The number of oxazole rings is 1. The predicted molar refractivity (Wildman–Crippen MR) is 81.4 cm³/mol. The van der Waals surface area contributed by atoms with Gasteiger partial charge in [-0.05, 0) is 17.9 Å². The molecule has 3 unspecified atom stereocenters. The zero-order valence-corrected chi connectivity index (χ0v) is 12.8. The molecule has 1 saturated carbocycles. The zero-order valence-electron chi connectivity index (χ0n) is 12.8. The van der Waals surface area contributed by atoms with Gasteiger partial charge in [-0.3, -0.25) is 0 Å². The van der Waals surface area contributed by atoms with E-state index in [-0.39, 0.29) is 36.3 Å². The Balaban J connectivity index is 1.43. The first-order chi connectivity index (χ1) is 11.6. The quantitative estimate of drug-likeness (QED) is 0.927. The van der Waals surface area contributed by atoms with Crippen molar-refractivity contribution in [1.82, 2.24) is 9.88 Å². The molecule has 7 nitrogen and oxygen atoms in total. The molecule has 2 aromatic rings. The first-order valence-corrected chi connectivity index (χ1v) is 7.79. The van der Waals surface area contributed by atoms with Gasteiger partial charge >= 0.3 is 12.1 Å². The van der Waals surface area contributed by atoms with Gasteiger partial charge in [-0.15, -0.1) is 0 Å². The van der Waals surface area contributed by atoms with Gasteiger partial charge in [-0.2, -0.15) is 0 Å². The number of amides is 1. The molecular weight excluding hydrogens is 312 g/mol. The Bertz CT molecular complexity index is 772. The maximum atomic E-state index is 12.3. The van der Waals surface area contributed by atoms with Crippen molar-refractivity contribution in [2.45, 2.75) is 25.0 Å². The number of fused-ring (bicyclic) bond motifs is 1. The number of benzene rings is 1. The fourth-order valence-electron chi connectivity index (χ4n) is 3.67. The van der Waals surface area contributed by atoms with E-state index in [0.717, 1.165) is 18.4 Å². The van der Waals surface area contributed by atoms with Gasteiger partial charge in [0, 0.05) is 18.5 Å². The van der Waals surface area contributed by atoms with Crippen LogP contribution in [0.25, 0.3) is 0 Å². The smallest absolute Gasteiger partial charge is 0.410 e. The van der Waals surface area contributed by atoms with Crippen LogP contribution in [0.5, 0.6) is 0 Å². The summed E-state index contributed by atoms with van der Waals surface area (Å²) in [7, 11) is 0. The number of nitrogens with zero attached hydrogens (tertiary/aromatic N) is 2. The highest BCUT2D eigenvalue weighted by molar-refractivity contribution is 5.86. The minimum atomic E-state index is -1.11. The minimum absolute atomic E-state index is 0.0609. The highest BCUT2D eigenvalue weighted by Gasteiger charge is 2.57. The van der Waals surface area contributed by atoms with Crippen LogP contribution in [0.3, 0.4) is 0 Å². The van der Waals surface area contributed by atoms with Crippen LogP contribution in [0, 0.1) is 5.92 Å². The molecule has 2 saturated heterocycles. The Morgan fingerprint density at radius 2 is 2.12 bits per heavy atom. The van der Waals surface area contributed by atoms with Crippen LogP contribution >= 0.6 is 0 Å². The third kappa shape index (κ3) is 2.33. The van der Waals surface area contributed by atoms with Crippen LogP contribution in [0.4, 0.5) is 4.79 Å². The van der Waals surface area contributed by atoms with E-state index in [0.29, 0.717) is 12.3 Å². The van der Waals surface area contributed by atoms with Gasteiger partial charge in [0.25, 0.3) is 0 Å². The summed E-state index contributed by atoms with van der Waals surface area (Å²) in [4.78, 5) is 29.0. The summed E-state index contributed by atoms with van der Waals surface area (Å²) in [6, 6.07) is 9.40. The Labute approximate surface area is 137 Å². The average molecular weight is 328 g/mol. The Hall–Kier alpha value is -2.83. The van der Waals surface area contributed by atoms with Crippen LogP contribution < -0.4 is 0 Å². The molecule has 2 bridgehead atoms. The molecule has 0 spiro atoms. The van der Waals surface area contributed by atoms with E-state index >= 15 is 0 Å². The van der Waals surface area contributed by atoms with Gasteiger partial charge in [0.1, 0.15) is 12.4 Å². The summed E-state index contributed by atoms with van der Waals surface area (Å²) in [5.41, 5.74) is 0.867. The van der Waals surface area contributed by atoms with Crippen molar-refractivity contribution in [3.05, 3.63) is 53.7 Å². The lowest BCUT2D eigenvalue weighted by Crippen LogP contribution is -2.40. The molecular formula is C17H16N2O5. The minimum Gasteiger partial charge on any atom is -0.476 e. The van der Waals surface area contributed by atoms with E-state index in [1.165, 1.54) is 0 Å². The van der Waals surface area contributed by atoms with Gasteiger partial charge in [0.15, 0.2) is 12.1 Å². The Morgan fingerprint density at radius 3 is 2.88 bits per heavy atom. The lowest BCUT2D eigenvalue weighted by Gasteiger charge is -2.34. The number of rotatable bonds is 4. The highest BCUT2D eigenvalue weighted by Crippen LogP contribution is 2.53. The van der Waals surface area contributed by atoms with E-state index in [4.69, 9.17) is 9.15 Å². The van der Waals surface area contributed by atoms with Gasteiger partial charge < -0.3 is 19.2 Å². The van der Waals surface area contributed by atoms with Crippen molar-refractivity contribution in [3.63, 3.8) is 0 Å². The summed E-state index contributed by atoms with van der Waals surface area (Å²) in [6.07, 6.45) is 1.62. The molecule has 24 heavy (non-hydrogen) atoms. The summed E-state index contributed by atoms with van der Waals surface area (Å²) in [6.45, 7) is 0.781. The third-order valence-electron chi connectivity index (χ3n) is 4.84. The third-order valence-corrected chi connectivity index (χ3v) is 4.84. The molecule has 3 atom stereocenters. The Morgan fingerprint density at radius 1 is 1.33 bits per heavy atom. The number of aromatic nitrogens is 1. The maximum Gasteiger partial charge on any atom is 0.410 e. The van der Waals surface area contributed by atoms with Gasteiger partial charge in [-0.1, -0.05) is 30.3 Å². The van der Waals surface area contributed by atoms with Gasteiger partial charge in [-0.25, -0.2) is 14.6 Å². The molecule has 3 heterocycles. The molecule has 1 aromatic carbocycles. The van der Waals surface area contributed by atoms with E-state index in [1.54, 1.807) is 4.90 Å². The van der Waals surface area contributed by atoms with E-state index in [2.05, 4.69) is 4.98 Å². The monoisotopic (exact) mass is 328 g/mol. The molecule has 1 aliphatic carbocycles. The van der Waals surface area contributed by atoms with Crippen molar-refractivity contribution in [3.8, 4) is 0 Å². The molecule has 1 aromatic heterocycles. The van der Waals surface area contributed by atoms with Gasteiger partial charge in [0.2, 0.25) is 0 Å². The second-order valence-electron chi connectivity index (χ2n) is 6.15. The number of hydrogen-bond acceptors (Lipinski definition) is 5. The maximum absolute atomic E-state index is 12.3. The van der Waals surface area contributed by atoms with Crippen molar-refractivity contribution in [1.29, 1.82) is 0 Å². The SMILES string of the molecule is O=C(O)c1ncoc1C1C2CC1N(C(=O)OCc1ccccc1)C2. The number of aromatic carboxylic acids is 1. The number of carbonyl (C=O) groups excluding carboxylic acids is 1. The molecule has 1 amide bonds. The van der Waals surface area contributed by atoms with E-state index in [9.17, 15) is 14.7 Å². The topological polar surface area (TPSA) is 92.9 Å². The van der Waals surface area contributed by atoms with Crippen LogP contribution in [0.15, 0.2) is 41.1 Å². The molecule has 1 N–H and O–H groups in total. The fourth-order valence-corrected chi connectivity index (χ4v) is 3.67. The summed E-state index contributed by atoms with van der Waals surface area (Å²) < 4.78 is 10.7. The molecule has 5 rings (SSSR count). The van der Waals surface area contributed by atoms with Crippen molar-refractivity contribution in [2.24, 2.45) is 5.92 Å². The fraction of sp³-hybridized carbons (Fsp3) is 0.353. The summed E-state index contributed by atoms with van der Waals surface area (Å²) >= 11 is 0. The molecule has 7 heteroatoms. The molecule has 2 aliphatic heterocycles. The second kappa shape index (κ2) is 5.67. The number of ether oxygens (including phenoxy) is 1. The number of carbonyl (C=O) groups is 2. The average Bonchev–Trinajstić information content (AvgIpc) is 3.27. The number of carboxylic acid groups (broad SMARTS) is 1. The van der Waals surface area contributed by atoms with Crippen LogP contribution in [0.1, 0.15) is 34.2 Å². The van der Waals surface area contributed by atoms with Crippen molar-refractivity contribution < 1.29 is 23.8 Å². The molecule has 3 fully saturated rings. The lowest BCUT2D eigenvalue weighted by molar-refractivity contribution is 0.0684. The Kier molecular flexibility index (Phi) is 3.48. The summed E-state index contributed by atoms with van der Waals surface area (Å²) in [5, 5.41) is 9.17. The first-order valence-electron chi connectivity index (χ1n) is 7.79. The second-order valence-corrected chi connectivity index (χ2v) is 6.15. The normalized spacial score (nSPS) is 24.5. The van der Waals surface area contributed by atoms with Crippen molar-refractivity contribution >= 4 is 12.1 Å². The zero-order chi connectivity index (χ0) is 16.7. The van der Waals surface area contributed by atoms with E-state index < -0.39 is 5.97 Å². The standard InChI is InChI=1S/C17H16N2O5/c20-16(21)14-15(24-9-18-14)13-11-6-12(13)19(7-11)17(22)23-8-10-4-2-1-3-5-10/h1-5,9,11-13H,6-8H2,(H,20,21). The van der Waals surface area contributed by atoms with Gasteiger partial charge in [0.05, 0.1) is 0 Å². The molecule has 0 radical (unpaired) electrons. The molecule has 124 valence electrons. The highest BCUT2D eigenvalue weighted by atomic mass is 16.6. The largest absolute Gasteiger partial charge is 0.476 e. The lowest BCUT2D eigenvalue weighted by atomic mass is 9.72. The number of hydrogen-bond donors (Lipinski definition) is 1. The van der Waals surface area contributed by atoms with Crippen LogP contribution in [-0.4, -0.2) is 39.6 Å². The van der Waals surface area contributed by atoms with Crippen LogP contribution in [-0.2, 0) is 11.3 Å².